The van der Waals surface area contributed by atoms with Gasteiger partial charge in [0.15, 0.2) is 0 Å². The van der Waals surface area contributed by atoms with Crippen LogP contribution in [-0.4, -0.2) is 19.6 Å². The highest BCUT2D eigenvalue weighted by molar-refractivity contribution is 5.98. The molecule has 0 unspecified atom stereocenters. The van der Waals surface area contributed by atoms with E-state index >= 15 is 0 Å². The Morgan fingerprint density at radius 3 is 1.92 bits per heavy atom. The number of fused-ring (bicyclic) bond motifs is 2. The van der Waals surface area contributed by atoms with Gasteiger partial charge >= 0.3 is 0 Å². The largest absolute Gasteiger partial charge is 0.507 e. The third-order valence-electron chi connectivity index (χ3n) is 11.5. The second-order valence-corrected chi connectivity index (χ2v) is 17.8. The number of imidazole rings is 1. The van der Waals surface area contributed by atoms with E-state index in [9.17, 15) is 5.11 Å². The summed E-state index contributed by atoms with van der Waals surface area (Å²) in [5.74, 6) is 1.76. The van der Waals surface area contributed by atoms with Gasteiger partial charge in [0, 0.05) is 33.2 Å². The zero-order chi connectivity index (χ0) is 41.2. The summed E-state index contributed by atoms with van der Waals surface area (Å²) in [5.41, 5.74) is 14.8. The van der Waals surface area contributed by atoms with Gasteiger partial charge in [-0.25, -0.2) is 9.97 Å². The summed E-state index contributed by atoms with van der Waals surface area (Å²) in [4.78, 5) is 10.9. The van der Waals surface area contributed by atoms with Crippen molar-refractivity contribution in [3.05, 3.63) is 168 Å². The molecule has 0 amide bonds. The number of aromatic nitrogens is 3. The molecule has 0 atom stereocenters. The van der Waals surface area contributed by atoms with Crippen molar-refractivity contribution in [1.82, 2.24) is 14.5 Å². The number of para-hydroxylation sites is 3. The van der Waals surface area contributed by atoms with Gasteiger partial charge in [0.25, 0.3) is 0 Å². The fraction of sp³-hybridized carbons (Fsp3) is 0.185. The summed E-state index contributed by atoms with van der Waals surface area (Å²) in [6, 6.07) is 50.3. The third kappa shape index (κ3) is 6.71. The average Bonchev–Trinajstić information content (AvgIpc) is 3.82. The molecule has 0 radical (unpaired) electrons. The van der Waals surface area contributed by atoms with Crippen LogP contribution >= 0.6 is 0 Å². The van der Waals surface area contributed by atoms with E-state index in [0.717, 1.165) is 83.8 Å². The van der Waals surface area contributed by atoms with Gasteiger partial charge in [-0.2, -0.15) is 0 Å². The molecule has 9 rings (SSSR count). The smallest absolute Gasteiger partial charge is 0.149 e. The van der Waals surface area contributed by atoms with Gasteiger partial charge in [0.1, 0.15) is 22.9 Å². The Balaban J connectivity index is 1.29. The molecule has 0 spiro atoms. The molecule has 9 aromatic rings. The Morgan fingerprint density at radius 2 is 1.19 bits per heavy atom. The number of aryl methyl sites for hydroxylation is 2. The topological polar surface area (TPSA) is 64.1 Å². The maximum atomic E-state index is 12.3. The van der Waals surface area contributed by atoms with Crippen LogP contribution in [-0.2, 0) is 10.8 Å². The number of furan rings is 1. The first-order valence-corrected chi connectivity index (χ1v) is 20.4. The molecule has 59 heavy (non-hydrogen) atoms. The van der Waals surface area contributed by atoms with Gasteiger partial charge < -0.3 is 9.52 Å². The molecule has 0 aliphatic carbocycles. The number of rotatable bonds is 6. The van der Waals surface area contributed by atoms with Crippen molar-refractivity contribution in [3.8, 4) is 67.8 Å². The maximum Gasteiger partial charge on any atom is 0.149 e. The molecule has 292 valence electrons. The average molecular weight is 772 g/mol. The minimum atomic E-state index is -0.315. The molecule has 6 aromatic carbocycles. The summed E-state index contributed by atoms with van der Waals surface area (Å²) in [6.45, 7) is 17.3. The number of phenols is 1. The molecule has 5 nitrogen and oxygen atoms in total. The number of pyridine rings is 1. The first-order valence-electron chi connectivity index (χ1n) is 20.4. The fourth-order valence-corrected chi connectivity index (χ4v) is 8.40. The van der Waals surface area contributed by atoms with Crippen LogP contribution in [0.5, 0.6) is 5.75 Å². The highest BCUT2D eigenvalue weighted by Gasteiger charge is 2.29. The minimum Gasteiger partial charge on any atom is -0.507 e. The lowest BCUT2D eigenvalue weighted by Crippen LogP contribution is -2.17. The molecular weight excluding hydrogens is 723 g/mol. The number of nitrogens with zero attached hydrogens (tertiary/aromatic N) is 3. The van der Waals surface area contributed by atoms with Crippen molar-refractivity contribution < 1.29 is 9.52 Å². The molecule has 0 saturated heterocycles. The van der Waals surface area contributed by atoms with Gasteiger partial charge in [-0.3, -0.25) is 4.57 Å². The Morgan fingerprint density at radius 1 is 0.559 bits per heavy atom. The van der Waals surface area contributed by atoms with Gasteiger partial charge in [0.2, 0.25) is 0 Å². The van der Waals surface area contributed by atoms with Crippen molar-refractivity contribution in [2.24, 2.45) is 0 Å². The lowest BCUT2D eigenvalue weighted by molar-refractivity contribution is 0.446. The number of aromatic hydroxyl groups is 1. The van der Waals surface area contributed by atoms with Crippen molar-refractivity contribution in [3.63, 3.8) is 0 Å². The summed E-state index contributed by atoms with van der Waals surface area (Å²) in [5, 5.41) is 13.3. The van der Waals surface area contributed by atoms with E-state index in [2.05, 4.69) is 193 Å². The van der Waals surface area contributed by atoms with Crippen molar-refractivity contribution >= 4 is 22.0 Å². The number of hydrogen-bond acceptors (Lipinski definition) is 4. The van der Waals surface area contributed by atoms with Crippen LogP contribution in [0.1, 0.15) is 63.8 Å². The van der Waals surface area contributed by atoms with Crippen molar-refractivity contribution in [2.75, 3.05) is 0 Å². The van der Waals surface area contributed by atoms with Gasteiger partial charge in [-0.1, -0.05) is 145 Å². The Hall–Kier alpha value is -6.72. The molecule has 3 aromatic heterocycles. The SMILES string of the molecule is Cc1cccc(C)c1-c1cc2cccc(-c3cccc(-c4cccc5c4nc(-c4cc(C(C)(C)C)cc(C(C)(C)C)c4O)n5-c4ccccc4-c4ccccc4)n3)c2o1. The second-order valence-electron chi connectivity index (χ2n) is 17.8. The van der Waals surface area contributed by atoms with E-state index in [4.69, 9.17) is 14.4 Å². The fourth-order valence-electron chi connectivity index (χ4n) is 8.40. The Labute approximate surface area is 346 Å². The zero-order valence-electron chi connectivity index (χ0n) is 35.1. The van der Waals surface area contributed by atoms with Crippen molar-refractivity contribution in [1.29, 1.82) is 0 Å². The predicted molar refractivity (Wildman–Crippen MR) is 244 cm³/mol. The monoisotopic (exact) mass is 771 g/mol. The van der Waals surface area contributed by atoms with Crippen LogP contribution in [0, 0.1) is 13.8 Å². The highest BCUT2D eigenvalue weighted by atomic mass is 16.3. The molecule has 0 aliphatic heterocycles. The van der Waals surface area contributed by atoms with E-state index in [0.29, 0.717) is 11.4 Å². The Bertz CT molecular complexity index is 3020. The highest BCUT2D eigenvalue weighted by Crippen LogP contribution is 2.45. The number of benzene rings is 6. The molecule has 0 fully saturated rings. The first-order chi connectivity index (χ1) is 28.3. The molecule has 3 heterocycles. The van der Waals surface area contributed by atoms with E-state index in [1.807, 2.05) is 12.1 Å². The number of hydrogen-bond donors (Lipinski definition) is 1. The normalized spacial score (nSPS) is 12.1. The lowest BCUT2D eigenvalue weighted by Gasteiger charge is -2.27. The predicted octanol–water partition coefficient (Wildman–Crippen LogP) is 14.4. The second kappa shape index (κ2) is 14.3. The van der Waals surface area contributed by atoms with Gasteiger partial charge in [-0.05, 0) is 89.4 Å². The minimum absolute atomic E-state index is 0.173. The molecule has 0 bridgehead atoms. The van der Waals surface area contributed by atoms with Crippen LogP contribution in [0.15, 0.2) is 150 Å². The van der Waals surface area contributed by atoms with Crippen LogP contribution < -0.4 is 0 Å². The van der Waals surface area contributed by atoms with Gasteiger partial charge in [-0.15, -0.1) is 0 Å². The Kier molecular flexibility index (Phi) is 9.16. The lowest BCUT2D eigenvalue weighted by atomic mass is 9.79. The summed E-state index contributed by atoms with van der Waals surface area (Å²) < 4.78 is 8.90. The third-order valence-corrected chi connectivity index (χ3v) is 11.5. The van der Waals surface area contributed by atoms with Crippen LogP contribution in [0.25, 0.3) is 84.0 Å². The van der Waals surface area contributed by atoms with Crippen LogP contribution in [0.2, 0.25) is 0 Å². The molecule has 0 saturated carbocycles. The van der Waals surface area contributed by atoms with E-state index in [1.165, 1.54) is 11.1 Å². The van der Waals surface area contributed by atoms with Gasteiger partial charge in [0.05, 0.1) is 33.7 Å². The molecule has 0 aliphatic rings. The molecule has 1 N–H and O–H groups in total. The maximum absolute atomic E-state index is 12.3. The van der Waals surface area contributed by atoms with Crippen LogP contribution in [0.4, 0.5) is 0 Å². The first kappa shape index (κ1) is 37.8. The molecular formula is C54H49N3O2. The summed E-state index contributed by atoms with van der Waals surface area (Å²) >= 11 is 0. The van der Waals surface area contributed by atoms with E-state index in [-0.39, 0.29) is 16.6 Å². The van der Waals surface area contributed by atoms with E-state index < -0.39 is 0 Å². The number of phenolic OH excluding ortho intramolecular Hbond substituents is 1. The zero-order valence-corrected chi connectivity index (χ0v) is 35.1. The van der Waals surface area contributed by atoms with Crippen LogP contribution in [0.3, 0.4) is 0 Å². The molecule has 5 heteroatoms. The summed E-state index contributed by atoms with van der Waals surface area (Å²) in [7, 11) is 0. The van der Waals surface area contributed by atoms with Crippen molar-refractivity contribution in [2.45, 2.75) is 66.2 Å². The van der Waals surface area contributed by atoms with E-state index in [1.54, 1.807) is 0 Å². The standard InChI is InChI=1S/C54H49N3O2/c1-33-18-14-19-34(2)48(33)47-30-36-22-15-25-40(51(36)59-47)44-27-17-26-43(55-44)39-24-16-29-46-49(39)56-52(41-31-37(53(3,4)5)32-42(50(41)58)54(6,7)8)57(46)45-28-13-12-23-38(45)35-20-10-9-11-21-35/h9-32,58H,1-8H3. The quantitative estimate of drug-likeness (QED) is 0.183. The summed E-state index contributed by atoms with van der Waals surface area (Å²) in [6.07, 6.45) is 0.